The number of hydrogen-bond acceptors (Lipinski definition) is 6. The van der Waals surface area contributed by atoms with Crippen molar-refractivity contribution in [3.63, 3.8) is 0 Å². The summed E-state index contributed by atoms with van der Waals surface area (Å²) in [6.07, 6.45) is 3.35. The third-order valence-corrected chi connectivity index (χ3v) is 4.52. The van der Waals surface area contributed by atoms with Gasteiger partial charge in [-0.05, 0) is 31.9 Å². The van der Waals surface area contributed by atoms with Crippen molar-refractivity contribution >= 4 is 11.6 Å². The predicted octanol–water partition coefficient (Wildman–Crippen LogP) is 0.912. The molecule has 0 atom stereocenters. The number of aromatic nitrogens is 1. The van der Waals surface area contributed by atoms with Crippen molar-refractivity contribution in [3.05, 3.63) is 16.7 Å². The van der Waals surface area contributed by atoms with Gasteiger partial charge in [0.2, 0.25) is 0 Å². The van der Waals surface area contributed by atoms with Gasteiger partial charge in [0.05, 0.1) is 5.56 Å². The van der Waals surface area contributed by atoms with Gasteiger partial charge < -0.3 is 20.9 Å². The molecule has 2 aliphatic heterocycles. The molecular weight excluding hydrogens is 276 g/mol. The molecule has 1 fully saturated rings. The van der Waals surface area contributed by atoms with Crippen molar-refractivity contribution in [2.75, 3.05) is 50.0 Å². The molecule has 3 heterocycles. The van der Waals surface area contributed by atoms with Crippen molar-refractivity contribution < 1.29 is 0 Å². The Morgan fingerprint density at radius 1 is 1.27 bits per heavy atom. The van der Waals surface area contributed by atoms with E-state index in [0.717, 1.165) is 38.4 Å². The van der Waals surface area contributed by atoms with Gasteiger partial charge in [-0.15, -0.1) is 0 Å². The molecule has 0 aliphatic carbocycles. The zero-order valence-electron chi connectivity index (χ0n) is 13.2. The number of nitriles is 1. The summed E-state index contributed by atoms with van der Waals surface area (Å²) in [6.45, 7) is 5.16. The van der Waals surface area contributed by atoms with Crippen LogP contribution >= 0.6 is 0 Å². The van der Waals surface area contributed by atoms with Gasteiger partial charge in [-0.1, -0.05) is 0 Å². The fourth-order valence-electron chi connectivity index (χ4n) is 3.38. The third kappa shape index (κ3) is 2.74. The molecule has 0 aromatic carbocycles. The first kappa shape index (κ1) is 15.1. The van der Waals surface area contributed by atoms with E-state index in [1.807, 2.05) is 0 Å². The van der Waals surface area contributed by atoms with Crippen molar-refractivity contribution in [1.29, 1.82) is 5.26 Å². The van der Waals surface area contributed by atoms with E-state index in [1.165, 1.54) is 24.0 Å². The van der Waals surface area contributed by atoms with Crippen LogP contribution in [0, 0.1) is 11.3 Å². The summed E-state index contributed by atoms with van der Waals surface area (Å²) in [4.78, 5) is 9.49. The van der Waals surface area contributed by atoms with Crippen LogP contribution in [0.2, 0.25) is 0 Å². The maximum Gasteiger partial charge on any atom is 0.146 e. The molecule has 2 aliphatic rings. The Kier molecular flexibility index (Phi) is 4.46. The Bertz CT molecular complexity index is 585. The van der Waals surface area contributed by atoms with Gasteiger partial charge in [0, 0.05) is 44.8 Å². The molecule has 1 saturated heterocycles. The summed E-state index contributed by atoms with van der Waals surface area (Å²) in [5.41, 5.74) is 8.72. The molecule has 1 aromatic rings. The number of nitrogens with two attached hydrogens (primary N) is 1. The summed E-state index contributed by atoms with van der Waals surface area (Å²) >= 11 is 0. The zero-order chi connectivity index (χ0) is 15.5. The second kappa shape index (κ2) is 6.51. The molecule has 0 bridgehead atoms. The van der Waals surface area contributed by atoms with E-state index < -0.39 is 0 Å². The van der Waals surface area contributed by atoms with E-state index in [0.29, 0.717) is 24.5 Å². The highest BCUT2D eigenvalue weighted by Gasteiger charge is 2.27. The Morgan fingerprint density at radius 2 is 2.05 bits per heavy atom. The molecule has 1 aromatic heterocycles. The van der Waals surface area contributed by atoms with Gasteiger partial charge in [-0.25, -0.2) is 4.98 Å². The molecule has 0 saturated carbocycles. The second-order valence-corrected chi connectivity index (χ2v) is 6.13. The highest BCUT2D eigenvalue weighted by molar-refractivity contribution is 5.67. The molecule has 6 nitrogen and oxygen atoms in total. The quantitative estimate of drug-likeness (QED) is 0.860. The SMILES string of the molecule is CN1CCc2c(C#N)c(NCCN)nc(N3CCCC3)c2C1. The van der Waals surface area contributed by atoms with Crippen LogP contribution in [0.25, 0.3) is 0 Å². The van der Waals surface area contributed by atoms with Crippen LogP contribution in [0.3, 0.4) is 0 Å². The van der Waals surface area contributed by atoms with Crippen molar-refractivity contribution in [1.82, 2.24) is 9.88 Å². The Hall–Kier alpha value is -1.84. The maximum atomic E-state index is 9.61. The molecular formula is C16H24N6. The van der Waals surface area contributed by atoms with Gasteiger partial charge in [-0.3, -0.25) is 0 Å². The van der Waals surface area contributed by atoms with Gasteiger partial charge in [0.15, 0.2) is 0 Å². The van der Waals surface area contributed by atoms with Crippen LogP contribution in [0.15, 0.2) is 0 Å². The van der Waals surface area contributed by atoms with Gasteiger partial charge in [0.25, 0.3) is 0 Å². The minimum Gasteiger partial charge on any atom is -0.368 e. The Labute approximate surface area is 131 Å². The molecule has 22 heavy (non-hydrogen) atoms. The second-order valence-electron chi connectivity index (χ2n) is 6.13. The van der Waals surface area contributed by atoms with Crippen LogP contribution in [0.5, 0.6) is 0 Å². The maximum absolute atomic E-state index is 9.61. The summed E-state index contributed by atoms with van der Waals surface area (Å²) in [5.74, 6) is 1.77. The van der Waals surface area contributed by atoms with Gasteiger partial charge in [0.1, 0.15) is 17.7 Å². The number of anilines is 2. The molecule has 3 rings (SSSR count). The summed E-state index contributed by atoms with van der Waals surface area (Å²) in [5, 5.41) is 12.8. The molecule has 6 heteroatoms. The van der Waals surface area contributed by atoms with Crippen LogP contribution in [-0.2, 0) is 13.0 Å². The smallest absolute Gasteiger partial charge is 0.146 e. The van der Waals surface area contributed by atoms with Crippen LogP contribution in [-0.4, -0.2) is 49.7 Å². The molecule has 0 amide bonds. The topological polar surface area (TPSA) is 81.2 Å². The minimum atomic E-state index is 0.533. The van der Waals surface area contributed by atoms with Crippen molar-refractivity contribution in [3.8, 4) is 6.07 Å². The lowest BCUT2D eigenvalue weighted by atomic mass is 9.95. The van der Waals surface area contributed by atoms with Crippen LogP contribution < -0.4 is 16.0 Å². The lowest BCUT2D eigenvalue weighted by Crippen LogP contribution is -2.31. The Balaban J connectivity index is 2.09. The van der Waals surface area contributed by atoms with E-state index >= 15 is 0 Å². The van der Waals surface area contributed by atoms with E-state index in [9.17, 15) is 5.26 Å². The largest absolute Gasteiger partial charge is 0.368 e. The lowest BCUT2D eigenvalue weighted by Gasteiger charge is -2.31. The van der Waals surface area contributed by atoms with E-state index in [-0.39, 0.29) is 0 Å². The molecule has 118 valence electrons. The normalized spacial score (nSPS) is 18.1. The number of fused-ring (bicyclic) bond motifs is 1. The van der Waals surface area contributed by atoms with Crippen molar-refractivity contribution in [2.24, 2.45) is 5.73 Å². The average Bonchev–Trinajstić information content (AvgIpc) is 3.06. The van der Waals surface area contributed by atoms with Gasteiger partial charge >= 0.3 is 0 Å². The van der Waals surface area contributed by atoms with Crippen LogP contribution in [0.1, 0.15) is 29.5 Å². The number of rotatable bonds is 4. The number of nitrogens with zero attached hydrogens (tertiary/aromatic N) is 4. The van der Waals surface area contributed by atoms with E-state index in [1.54, 1.807) is 0 Å². The van der Waals surface area contributed by atoms with Gasteiger partial charge in [-0.2, -0.15) is 5.26 Å². The van der Waals surface area contributed by atoms with Crippen molar-refractivity contribution in [2.45, 2.75) is 25.8 Å². The van der Waals surface area contributed by atoms with Crippen LogP contribution in [0.4, 0.5) is 11.6 Å². The molecule has 3 N–H and O–H groups in total. The molecule has 0 radical (unpaired) electrons. The highest BCUT2D eigenvalue weighted by atomic mass is 15.2. The number of nitrogens with one attached hydrogen (secondary N) is 1. The monoisotopic (exact) mass is 300 g/mol. The Morgan fingerprint density at radius 3 is 2.73 bits per heavy atom. The number of hydrogen-bond donors (Lipinski definition) is 2. The predicted molar refractivity (Wildman–Crippen MR) is 88.0 cm³/mol. The first-order valence-electron chi connectivity index (χ1n) is 8.08. The summed E-state index contributed by atoms with van der Waals surface area (Å²) in [7, 11) is 2.13. The number of pyridine rings is 1. The van der Waals surface area contributed by atoms with E-state index in [2.05, 4.69) is 28.2 Å². The zero-order valence-corrected chi connectivity index (χ0v) is 13.2. The minimum absolute atomic E-state index is 0.533. The fraction of sp³-hybridized carbons (Fsp3) is 0.625. The summed E-state index contributed by atoms with van der Waals surface area (Å²) < 4.78 is 0. The standard InChI is InChI=1S/C16H24N6/c1-21-9-4-12-13(10-18)15(19-6-5-17)20-16(14(12)11-21)22-7-2-3-8-22/h2-9,11,17H2,1H3,(H,19,20). The summed E-state index contributed by atoms with van der Waals surface area (Å²) in [6, 6.07) is 2.36. The molecule has 0 unspecified atom stereocenters. The molecule has 0 spiro atoms. The third-order valence-electron chi connectivity index (χ3n) is 4.52. The first-order valence-corrected chi connectivity index (χ1v) is 8.08. The fourth-order valence-corrected chi connectivity index (χ4v) is 3.38. The average molecular weight is 300 g/mol. The highest BCUT2D eigenvalue weighted by Crippen LogP contribution is 2.34. The van der Waals surface area contributed by atoms with E-state index in [4.69, 9.17) is 10.7 Å². The number of likely N-dealkylation sites (N-methyl/N-ethyl adjacent to an activating group) is 1. The first-order chi connectivity index (χ1) is 10.7. The lowest BCUT2D eigenvalue weighted by molar-refractivity contribution is 0.312.